The van der Waals surface area contributed by atoms with Crippen LogP contribution >= 0.6 is 23.2 Å². The van der Waals surface area contributed by atoms with Gasteiger partial charge in [-0.15, -0.1) is 0 Å². The number of hydrogen-bond acceptors (Lipinski definition) is 9. The van der Waals surface area contributed by atoms with Crippen molar-refractivity contribution in [3.63, 3.8) is 0 Å². The minimum atomic E-state index is -0.524. The van der Waals surface area contributed by atoms with Crippen molar-refractivity contribution >= 4 is 41.2 Å². The molecule has 1 amide bonds. The highest BCUT2D eigenvalue weighted by molar-refractivity contribution is 6.30. The molecule has 2 unspecified atom stereocenters. The highest BCUT2D eigenvalue weighted by Gasteiger charge is 2.34. The Bertz CT molecular complexity index is 1230. The van der Waals surface area contributed by atoms with Gasteiger partial charge in [-0.1, -0.05) is 47.5 Å². The van der Waals surface area contributed by atoms with Crippen LogP contribution in [0.5, 0.6) is 0 Å². The number of benzene rings is 2. The van der Waals surface area contributed by atoms with E-state index in [1.807, 2.05) is 74.2 Å². The maximum atomic E-state index is 12.3. The van der Waals surface area contributed by atoms with Crippen LogP contribution in [0.2, 0.25) is 10.0 Å². The molecule has 4 rings (SSSR count). The van der Waals surface area contributed by atoms with E-state index >= 15 is 0 Å². The first-order chi connectivity index (χ1) is 21.4. The molecule has 2 fully saturated rings. The number of amides is 1. The van der Waals surface area contributed by atoms with Gasteiger partial charge in [0, 0.05) is 54.9 Å². The summed E-state index contributed by atoms with van der Waals surface area (Å²) in [5.74, 6) is -0.490. The van der Waals surface area contributed by atoms with Gasteiger partial charge in [0.2, 0.25) is 0 Å². The Balaban J connectivity index is 0.000000257. The molecule has 2 atom stereocenters. The lowest BCUT2D eigenvalue weighted by molar-refractivity contribution is -0.143. The van der Waals surface area contributed by atoms with Crippen molar-refractivity contribution in [2.24, 2.45) is 0 Å². The van der Waals surface area contributed by atoms with Gasteiger partial charge in [0.15, 0.2) is 0 Å². The molecule has 1 N–H and O–H groups in total. The maximum Gasteiger partial charge on any atom is 0.410 e. The van der Waals surface area contributed by atoms with Crippen LogP contribution in [0.15, 0.2) is 48.5 Å². The second kappa shape index (κ2) is 17.7. The molecule has 0 spiro atoms. The molecule has 2 aromatic carbocycles. The molecular formula is C33H46Cl2N4O6. The standard InChI is InChI=1S/C19H27ClN2O4.C14H19ClN2O2/c1-19(2,3)26-18(24)21-10-9-16(12-21)22(13-17(23)25-4)11-14-5-7-15(20)8-6-14;1-19-14(18)10-17(13-6-7-16-8-13)9-11-2-4-12(15)5-3-11/h5-8,16H,9-13H2,1-4H3;2-5,13,16H,6-10H2,1H3. The number of hydrogen-bond donors (Lipinski definition) is 1. The first kappa shape index (κ1) is 36.6. The average Bonchev–Trinajstić information content (AvgIpc) is 3.71. The Kier molecular flexibility index (Phi) is 14.4. The lowest BCUT2D eigenvalue weighted by Gasteiger charge is -2.28. The van der Waals surface area contributed by atoms with Crippen LogP contribution in [0.1, 0.15) is 44.7 Å². The van der Waals surface area contributed by atoms with E-state index < -0.39 is 5.60 Å². The number of methoxy groups -OCH3 is 2. The quantitative estimate of drug-likeness (QED) is 0.278. The number of nitrogens with zero attached hydrogens (tertiary/aromatic N) is 3. The van der Waals surface area contributed by atoms with Crippen molar-refractivity contribution in [1.82, 2.24) is 20.0 Å². The van der Waals surface area contributed by atoms with Gasteiger partial charge < -0.3 is 24.4 Å². The molecule has 2 heterocycles. The van der Waals surface area contributed by atoms with Crippen molar-refractivity contribution in [2.75, 3.05) is 53.5 Å². The van der Waals surface area contributed by atoms with Crippen LogP contribution in [0, 0.1) is 0 Å². The van der Waals surface area contributed by atoms with Gasteiger partial charge in [0.05, 0.1) is 27.3 Å². The minimum Gasteiger partial charge on any atom is -0.468 e. The topological polar surface area (TPSA) is 101 Å². The molecule has 2 saturated heterocycles. The van der Waals surface area contributed by atoms with Crippen LogP contribution in [-0.2, 0) is 36.9 Å². The van der Waals surface area contributed by atoms with Crippen molar-refractivity contribution in [1.29, 1.82) is 0 Å². The van der Waals surface area contributed by atoms with Crippen LogP contribution in [0.3, 0.4) is 0 Å². The minimum absolute atomic E-state index is 0.0669. The molecule has 0 saturated carbocycles. The molecule has 12 heteroatoms. The van der Waals surface area contributed by atoms with E-state index in [0.717, 1.165) is 48.6 Å². The fourth-order valence-corrected chi connectivity index (χ4v) is 5.47. The fraction of sp³-hybridized carbons (Fsp3) is 0.545. The van der Waals surface area contributed by atoms with Gasteiger partial charge in [-0.3, -0.25) is 19.4 Å². The van der Waals surface area contributed by atoms with E-state index in [1.54, 1.807) is 4.90 Å². The Morgan fingerprint density at radius 3 is 1.73 bits per heavy atom. The molecular weight excluding hydrogens is 619 g/mol. The van der Waals surface area contributed by atoms with Gasteiger partial charge >= 0.3 is 18.0 Å². The second-order valence-electron chi connectivity index (χ2n) is 12.2. The summed E-state index contributed by atoms with van der Waals surface area (Å²) < 4.78 is 15.1. The number of rotatable bonds is 10. The molecule has 10 nitrogen and oxygen atoms in total. The van der Waals surface area contributed by atoms with Gasteiger partial charge in [0.25, 0.3) is 0 Å². The molecule has 2 aliphatic rings. The zero-order chi connectivity index (χ0) is 33.0. The number of carbonyl (C=O) groups is 3. The van der Waals surface area contributed by atoms with E-state index in [4.69, 9.17) is 37.4 Å². The van der Waals surface area contributed by atoms with Crippen molar-refractivity contribution in [3.8, 4) is 0 Å². The lowest BCUT2D eigenvalue weighted by atomic mass is 10.1. The smallest absolute Gasteiger partial charge is 0.410 e. The van der Waals surface area contributed by atoms with Crippen LogP contribution in [0.25, 0.3) is 0 Å². The third-order valence-corrected chi connectivity index (χ3v) is 8.10. The fourth-order valence-electron chi connectivity index (χ4n) is 5.22. The maximum absolute atomic E-state index is 12.3. The zero-order valence-electron chi connectivity index (χ0n) is 26.9. The van der Waals surface area contributed by atoms with Crippen molar-refractivity contribution in [2.45, 2.75) is 64.4 Å². The average molecular weight is 666 g/mol. The van der Waals surface area contributed by atoms with Gasteiger partial charge in [-0.2, -0.15) is 0 Å². The summed E-state index contributed by atoms with van der Waals surface area (Å²) in [4.78, 5) is 41.5. The van der Waals surface area contributed by atoms with E-state index in [-0.39, 0.29) is 30.6 Å². The summed E-state index contributed by atoms with van der Waals surface area (Å²) in [5, 5.41) is 4.72. The molecule has 0 radical (unpaired) electrons. The summed E-state index contributed by atoms with van der Waals surface area (Å²) >= 11 is 11.8. The van der Waals surface area contributed by atoms with Crippen molar-refractivity contribution in [3.05, 3.63) is 69.7 Å². The first-order valence-corrected chi connectivity index (χ1v) is 15.9. The number of esters is 2. The normalized spacial score (nSPS) is 18.0. The van der Waals surface area contributed by atoms with E-state index in [9.17, 15) is 14.4 Å². The van der Waals surface area contributed by atoms with Crippen LogP contribution in [0.4, 0.5) is 4.79 Å². The molecule has 0 aromatic heterocycles. The Hall–Kier alpha value is -2.89. The molecule has 0 bridgehead atoms. The number of ether oxygens (including phenoxy) is 3. The molecule has 45 heavy (non-hydrogen) atoms. The summed E-state index contributed by atoms with van der Waals surface area (Å²) in [6, 6.07) is 15.7. The van der Waals surface area contributed by atoms with Gasteiger partial charge in [-0.05, 0) is 75.5 Å². The van der Waals surface area contributed by atoms with E-state index in [1.165, 1.54) is 14.2 Å². The van der Waals surface area contributed by atoms with Crippen LogP contribution in [-0.4, -0.2) is 104 Å². The highest BCUT2D eigenvalue weighted by Crippen LogP contribution is 2.22. The van der Waals surface area contributed by atoms with E-state index in [2.05, 4.69) is 10.2 Å². The van der Waals surface area contributed by atoms with Crippen molar-refractivity contribution < 1.29 is 28.6 Å². The molecule has 2 aromatic rings. The highest BCUT2D eigenvalue weighted by atomic mass is 35.5. The number of carbonyl (C=O) groups excluding carboxylic acids is 3. The predicted octanol–water partition coefficient (Wildman–Crippen LogP) is 5.00. The largest absolute Gasteiger partial charge is 0.468 e. The SMILES string of the molecule is COC(=O)CN(Cc1ccc(Cl)cc1)C1CCN(C(=O)OC(C)(C)C)C1.COC(=O)CN(Cc1ccc(Cl)cc1)C1CCNC1. The molecule has 2 aliphatic heterocycles. The zero-order valence-corrected chi connectivity index (χ0v) is 28.4. The number of likely N-dealkylation sites (tertiary alicyclic amines) is 1. The summed E-state index contributed by atoms with van der Waals surface area (Å²) in [7, 11) is 2.81. The Labute approximate surface area is 276 Å². The number of nitrogens with one attached hydrogen (secondary N) is 1. The monoisotopic (exact) mass is 664 g/mol. The van der Waals surface area contributed by atoms with Gasteiger partial charge in [0.1, 0.15) is 5.60 Å². The third kappa shape index (κ3) is 12.8. The summed E-state index contributed by atoms with van der Waals surface area (Å²) in [6.07, 6.45) is 1.53. The number of halogens is 2. The van der Waals surface area contributed by atoms with Gasteiger partial charge in [-0.25, -0.2) is 4.79 Å². The Morgan fingerprint density at radius 2 is 1.31 bits per heavy atom. The third-order valence-electron chi connectivity index (χ3n) is 7.60. The molecule has 248 valence electrons. The summed E-state index contributed by atoms with van der Waals surface area (Å²) in [5.41, 5.74) is 1.68. The van der Waals surface area contributed by atoms with Crippen LogP contribution < -0.4 is 5.32 Å². The molecule has 0 aliphatic carbocycles. The van der Waals surface area contributed by atoms with E-state index in [0.29, 0.717) is 37.2 Å². The summed E-state index contributed by atoms with van der Waals surface area (Å²) in [6.45, 7) is 10.4. The predicted molar refractivity (Wildman–Crippen MR) is 175 cm³/mol. The first-order valence-electron chi connectivity index (χ1n) is 15.2. The lowest BCUT2D eigenvalue weighted by Crippen LogP contribution is -2.42. The Morgan fingerprint density at radius 1 is 0.822 bits per heavy atom. The second-order valence-corrected chi connectivity index (χ2v) is 13.1.